The van der Waals surface area contributed by atoms with Gasteiger partial charge in [0.2, 0.25) is 0 Å². The molecule has 0 N–H and O–H groups in total. The molecule has 0 aromatic rings. The quantitative estimate of drug-likeness (QED) is 0.500. The lowest BCUT2D eigenvalue weighted by atomic mass is 9.76. The zero-order chi connectivity index (χ0) is 21.7. The van der Waals surface area contributed by atoms with E-state index in [1.165, 1.54) is 7.11 Å². The van der Waals surface area contributed by atoms with Crippen molar-refractivity contribution in [1.29, 1.82) is 0 Å². The van der Waals surface area contributed by atoms with Crippen LogP contribution in [0.3, 0.4) is 0 Å². The average Bonchev–Trinajstić information content (AvgIpc) is 2.55. The number of nitrogens with zero attached hydrogens (tertiary/aromatic N) is 1. The molecule has 1 rings (SSSR count). The number of carbonyl (C=O) groups excluding carboxylic acids is 3. The highest BCUT2D eigenvalue weighted by atomic mass is 16.6. The summed E-state index contributed by atoms with van der Waals surface area (Å²) in [6.45, 7) is 12.7. The number of esters is 1. The Morgan fingerprint density at radius 3 is 1.68 bits per heavy atom. The molecule has 1 aliphatic carbocycles. The maximum Gasteiger partial charge on any atom is 0.419 e. The maximum atomic E-state index is 12.6. The number of hydrogen-bond acceptors (Lipinski definition) is 6. The van der Waals surface area contributed by atoms with Crippen LogP contribution in [0.4, 0.5) is 9.59 Å². The van der Waals surface area contributed by atoms with Crippen LogP contribution in [0.25, 0.3) is 0 Å². The highest BCUT2D eigenvalue weighted by Gasteiger charge is 2.35. The van der Waals surface area contributed by atoms with Gasteiger partial charge in [-0.05, 0) is 79.1 Å². The summed E-state index contributed by atoms with van der Waals surface area (Å²) in [5.41, 5.74) is -1.41. The summed E-state index contributed by atoms with van der Waals surface area (Å²) in [7, 11) is 1.41. The highest BCUT2D eigenvalue weighted by molar-refractivity contribution is 5.88. The van der Waals surface area contributed by atoms with Gasteiger partial charge in [0.1, 0.15) is 11.2 Å². The van der Waals surface area contributed by atoms with Gasteiger partial charge in [0.15, 0.2) is 0 Å². The minimum atomic E-state index is -0.703. The molecular formula is C21H37NO6. The molecule has 0 radical (unpaired) electrons. The first-order valence-electron chi connectivity index (χ1n) is 10.0. The van der Waals surface area contributed by atoms with E-state index in [2.05, 4.69) is 0 Å². The molecule has 7 nitrogen and oxygen atoms in total. The fourth-order valence-electron chi connectivity index (χ4n) is 3.37. The molecule has 1 saturated carbocycles. The summed E-state index contributed by atoms with van der Waals surface area (Å²) in [5.74, 6) is 0.0905. The van der Waals surface area contributed by atoms with Crippen molar-refractivity contribution in [2.45, 2.75) is 85.4 Å². The standard InChI is InChI=1S/C21H37NO6/c1-14(17(23)26-8)16-11-9-15(10-12-16)13-22(18(24)27-20(2,3)4)19(25)28-21(5,6)7/h14-16H,9-13H2,1-8H3. The molecule has 0 aromatic carbocycles. The number of hydrogen-bond donors (Lipinski definition) is 0. The van der Waals surface area contributed by atoms with E-state index in [-0.39, 0.29) is 30.3 Å². The first-order chi connectivity index (χ1) is 12.7. The lowest BCUT2D eigenvalue weighted by Gasteiger charge is -2.34. The summed E-state index contributed by atoms with van der Waals surface area (Å²) >= 11 is 0. The van der Waals surface area contributed by atoms with Crippen LogP contribution in [-0.2, 0) is 19.0 Å². The second-order valence-electron chi connectivity index (χ2n) is 9.66. The number of ether oxygens (including phenoxy) is 3. The van der Waals surface area contributed by atoms with Crippen molar-refractivity contribution in [2.24, 2.45) is 17.8 Å². The number of carbonyl (C=O) groups is 3. The summed E-state index contributed by atoms with van der Waals surface area (Å²) in [6.07, 6.45) is 2.00. The Morgan fingerprint density at radius 2 is 1.32 bits per heavy atom. The van der Waals surface area contributed by atoms with Crippen LogP contribution in [0.5, 0.6) is 0 Å². The van der Waals surface area contributed by atoms with Gasteiger partial charge >= 0.3 is 18.2 Å². The van der Waals surface area contributed by atoms with Crippen LogP contribution < -0.4 is 0 Å². The van der Waals surface area contributed by atoms with Gasteiger partial charge in [0.05, 0.1) is 13.0 Å². The molecule has 0 aliphatic heterocycles. The second kappa shape index (κ2) is 9.61. The van der Waals surface area contributed by atoms with Crippen LogP contribution in [0.15, 0.2) is 0 Å². The van der Waals surface area contributed by atoms with Crippen molar-refractivity contribution in [3.8, 4) is 0 Å². The predicted octanol–water partition coefficient (Wildman–Crippen LogP) is 4.77. The smallest absolute Gasteiger partial charge is 0.419 e. The third kappa shape index (κ3) is 8.07. The van der Waals surface area contributed by atoms with Gasteiger partial charge in [0.25, 0.3) is 0 Å². The Balaban J connectivity index is 2.78. The number of methoxy groups -OCH3 is 1. The lowest BCUT2D eigenvalue weighted by Crippen LogP contribution is -2.46. The molecule has 0 bridgehead atoms. The molecule has 7 heteroatoms. The van der Waals surface area contributed by atoms with E-state index in [1.54, 1.807) is 41.5 Å². The lowest BCUT2D eigenvalue weighted by molar-refractivity contribution is -0.147. The predicted molar refractivity (Wildman–Crippen MR) is 106 cm³/mol. The zero-order valence-electron chi connectivity index (χ0n) is 18.7. The minimum Gasteiger partial charge on any atom is -0.469 e. The molecule has 1 aliphatic rings. The van der Waals surface area contributed by atoms with Gasteiger partial charge in [-0.3, -0.25) is 4.79 Å². The molecular weight excluding hydrogens is 362 g/mol. The Bertz CT molecular complexity index is 524. The van der Waals surface area contributed by atoms with Gasteiger partial charge in [-0.1, -0.05) is 6.92 Å². The fourth-order valence-corrected chi connectivity index (χ4v) is 3.37. The Kier molecular flexibility index (Phi) is 8.32. The van der Waals surface area contributed by atoms with E-state index in [0.29, 0.717) is 0 Å². The number of amides is 2. The Morgan fingerprint density at radius 1 is 0.893 bits per heavy atom. The van der Waals surface area contributed by atoms with E-state index >= 15 is 0 Å². The monoisotopic (exact) mass is 399 g/mol. The summed E-state index contributed by atoms with van der Waals surface area (Å²) in [4.78, 5) is 38.0. The molecule has 0 aromatic heterocycles. The largest absolute Gasteiger partial charge is 0.469 e. The number of imide groups is 1. The van der Waals surface area contributed by atoms with Crippen molar-refractivity contribution in [3.63, 3.8) is 0 Å². The summed E-state index contributed by atoms with van der Waals surface area (Å²) in [5, 5.41) is 0. The van der Waals surface area contributed by atoms with Crippen molar-refractivity contribution >= 4 is 18.2 Å². The van der Waals surface area contributed by atoms with Gasteiger partial charge in [-0.25, -0.2) is 14.5 Å². The Labute approximate surface area is 169 Å². The van der Waals surface area contributed by atoms with E-state index in [0.717, 1.165) is 30.6 Å². The second-order valence-corrected chi connectivity index (χ2v) is 9.66. The molecule has 0 spiro atoms. The zero-order valence-corrected chi connectivity index (χ0v) is 18.7. The SMILES string of the molecule is COC(=O)C(C)C1CCC(CN(C(=O)OC(C)(C)C)C(=O)OC(C)(C)C)CC1. The van der Waals surface area contributed by atoms with Crippen LogP contribution in [-0.4, -0.2) is 47.9 Å². The molecule has 0 saturated heterocycles. The van der Waals surface area contributed by atoms with Gasteiger partial charge in [0, 0.05) is 6.54 Å². The summed E-state index contributed by atoms with van der Waals surface area (Å²) < 4.78 is 15.7. The van der Waals surface area contributed by atoms with Crippen LogP contribution >= 0.6 is 0 Å². The first-order valence-corrected chi connectivity index (χ1v) is 10.0. The van der Waals surface area contributed by atoms with Crippen LogP contribution in [0.1, 0.15) is 74.1 Å². The van der Waals surface area contributed by atoms with E-state index in [9.17, 15) is 14.4 Å². The van der Waals surface area contributed by atoms with Gasteiger partial charge < -0.3 is 14.2 Å². The molecule has 1 fully saturated rings. The number of rotatable bonds is 4. The van der Waals surface area contributed by atoms with Crippen molar-refractivity contribution in [1.82, 2.24) is 4.90 Å². The molecule has 1 unspecified atom stereocenters. The molecule has 2 amide bonds. The Hall–Kier alpha value is -1.79. The van der Waals surface area contributed by atoms with E-state index < -0.39 is 23.4 Å². The molecule has 28 heavy (non-hydrogen) atoms. The van der Waals surface area contributed by atoms with E-state index in [4.69, 9.17) is 14.2 Å². The summed E-state index contributed by atoms with van der Waals surface area (Å²) in [6, 6.07) is 0. The van der Waals surface area contributed by atoms with Gasteiger partial charge in [-0.2, -0.15) is 0 Å². The maximum absolute atomic E-state index is 12.6. The van der Waals surface area contributed by atoms with Gasteiger partial charge in [-0.15, -0.1) is 0 Å². The van der Waals surface area contributed by atoms with Crippen LogP contribution in [0, 0.1) is 17.8 Å². The third-order valence-electron chi connectivity index (χ3n) is 4.84. The normalized spacial score (nSPS) is 21.4. The van der Waals surface area contributed by atoms with E-state index in [1.807, 2.05) is 6.92 Å². The van der Waals surface area contributed by atoms with Crippen molar-refractivity contribution in [2.75, 3.05) is 13.7 Å². The van der Waals surface area contributed by atoms with Crippen molar-refractivity contribution < 1.29 is 28.6 Å². The highest BCUT2D eigenvalue weighted by Crippen LogP contribution is 2.34. The molecule has 0 heterocycles. The first kappa shape index (κ1) is 24.2. The third-order valence-corrected chi connectivity index (χ3v) is 4.84. The van der Waals surface area contributed by atoms with Crippen LogP contribution in [0.2, 0.25) is 0 Å². The topological polar surface area (TPSA) is 82.1 Å². The average molecular weight is 400 g/mol. The molecule has 1 atom stereocenters. The van der Waals surface area contributed by atoms with Crippen molar-refractivity contribution in [3.05, 3.63) is 0 Å². The fraction of sp³-hybridized carbons (Fsp3) is 0.857. The minimum absolute atomic E-state index is 0.140. The molecule has 162 valence electrons.